The van der Waals surface area contributed by atoms with Gasteiger partial charge in [0.1, 0.15) is 0 Å². The predicted octanol–water partition coefficient (Wildman–Crippen LogP) is 2.62. The molecule has 1 aliphatic heterocycles. The molecule has 1 aliphatic carbocycles. The van der Waals surface area contributed by atoms with Crippen LogP contribution < -0.4 is 4.31 Å². The van der Waals surface area contributed by atoms with Crippen molar-refractivity contribution >= 4 is 15.7 Å². The fourth-order valence-corrected chi connectivity index (χ4v) is 5.51. The lowest BCUT2D eigenvalue weighted by molar-refractivity contribution is 0.346. The molecule has 0 amide bonds. The van der Waals surface area contributed by atoms with Crippen LogP contribution in [0.2, 0.25) is 0 Å². The maximum Gasteiger partial charge on any atom is 0.235 e. The number of benzene rings is 1. The molecule has 1 fully saturated rings. The summed E-state index contributed by atoms with van der Waals surface area (Å²) in [6, 6.07) is 9.77. The molecule has 2 heterocycles. The Hall–Kier alpha value is -1.82. The van der Waals surface area contributed by atoms with Crippen LogP contribution in [-0.2, 0) is 16.4 Å². The molecule has 0 spiro atoms. The standard InChI is InChI=1S/C17H21N3O2S/c21-23(22,13-14-5-3-6-14)20-12-16(19-10-4-9-18-19)11-15-7-1-2-8-17(15)20/h1-2,4,7-10,14,16H,3,5-6,11-13H2/t16-/m0/s1. The normalized spacial score (nSPS) is 21.7. The Labute approximate surface area is 137 Å². The highest BCUT2D eigenvalue weighted by Gasteiger charge is 2.35. The van der Waals surface area contributed by atoms with Crippen LogP contribution >= 0.6 is 0 Å². The van der Waals surface area contributed by atoms with Crippen molar-refractivity contribution in [2.24, 2.45) is 5.92 Å². The first kappa shape index (κ1) is 14.8. The minimum Gasteiger partial charge on any atom is -0.268 e. The Balaban J connectivity index is 1.69. The smallest absolute Gasteiger partial charge is 0.235 e. The highest BCUT2D eigenvalue weighted by molar-refractivity contribution is 7.92. The summed E-state index contributed by atoms with van der Waals surface area (Å²) < 4.78 is 29.4. The molecule has 5 nitrogen and oxygen atoms in total. The number of hydrogen-bond donors (Lipinski definition) is 0. The fraction of sp³-hybridized carbons (Fsp3) is 0.471. The van der Waals surface area contributed by atoms with E-state index in [-0.39, 0.29) is 11.8 Å². The molecule has 0 N–H and O–H groups in total. The quantitative estimate of drug-likeness (QED) is 0.865. The van der Waals surface area contributed by atoms with Gasteiger partial charge in [-0.25, -0.2) is 8.42 Å². The maximum absolute atomic E-state index is 13.0. The highest BCUT2D eigenvalue weighted by Crippen LogP contribution is 2.36. The molecule has 2 aromatic rings. The largest absolute Gasteiger partial charge is 0.268 e. The third-order valence-corrected chi connectivity index (χ3v) is 6.91. The average Bonchev–Trinajstić information content (AvgIpc) is 3.04. The van der Waals surface area contributed by atoms with E-state index in [0.717, 1.165) is 36.9 Å². The number of para-hydroxylation sites is 1. The number of sulfonamides is 1. The lowest BCUT2D eigenvalue weighted by Gasteiger charge is -2.37. The molecule has 23 heavy (non-hydrogen) atoms. The topological polar surface area (TPSA) is 55.2 Å². The van der Waals surface area contributed by atoms with Crippen LogP contribution in [0.25, 0.3) is 0 Å². The zero-order valence-electron chi connectivity index (χ0n) is 13.0. The third kappa shape index (κ3) is 2.76. The van der Waals surface area contributed by atoms with Crippen molar-refractivity contribution < 1.29 is 8.42 Å². The van der Waals surface area contributed by atoms with E-state index >= 15 is 0 Å². The summed E-state index contributed by atoms with van der Waals surface area (Å²) in [5.41, 5.74) is 1.92. The lowest BCUT2D eigenvalue weighted by Crippen LogP contribution is -2.43. The molecule has 2 aliphatic rings. The van der Waals surface area contributed by atoms with Crippen molar-refractivity contribution in [2.45, 2.75) is 31.7 Å². The van der Waals surface area contributed by atoms with Crippen LogP contribution in [0.5, 0.6) is 0 Å². The summed E-state index contributed by atoms with van der Waals surface area (Å²) in [5.74, 6) is 0.602. The van der Waals surface area contributed by atoms with Gasteiger partial charge in [-0.3, -0.25) is 8.99 Å². The van der Waals surface area contributed by atoms with Gasteiger partial charge in [-0.2, -0.15) is 5.10 Å². The fourth-order valence-electron chi connectivity index (χ4n) is 3.52. The Morgan fingerprint density at radius 3 is 2.70 bits per heavy atom. The van der Waals surface area contributed by atoms with Gasteiger partial charge in [0.2, 0.25) is 10.0 Å². The van der Waals surface area contributed by atoms with Crippen molar-refractivity contribution in [3.05, 3.63) is 48.3 Å². The van der Waals surface area contributed by atoms with E-state index in [1.165, 1.54) is 0 Å². The van der Waals surface area contributed by atoms with Crippen molar-refractivity contribution in [1.82, 2.24) is 9.78 Å². The van der Waals surface area contributed by atoms with Gasteiger partial charge >= 0.3 is 0 Å². The minimum atomic E-state index is -3.29. The first-order chi connectivity index (χ1) is 11.1. The average molecular weight is 331 g/mol. The van der Waals surface area contributed by atoms with Crippen LogP contribution in [-0.4, -0.2) is 30.5 Å². The van der Waals surface area contributed by atoms with E-state index in [0.29, 0.717) is 12.5 Å². The van der Waals surface area contributed by atoms with Crippen LogP contribution in [0.4, 0.5) is 5.69 Å². The first-order valence-electron chi connectivity index (χ1n) is 8.21. The number of hydrogen-bond acceptors (Lipinski definition) is 3. The number of anilines is 1. The molecule has 1 saturated carbocycles. The predicted molar refractivity (Wildman–Crippen MR) is 89.9 cm³/mol. The molecule has 0 unspecified atom stereocenters. The van der Waals surface area contributed by atoms with E-state index in [1.54, 1.807) is 10.5 Å². The number of nitrogens with zero attached hydrogens (tertiary/aromatic N) is 3. The van der Waals surface area contributed by atoms with Gasteiger partial charge in [-0.15, -0.1) is 0 Å². The number of rotatable bonds is 4. The summed E-state index contributed by atoms with van der Waals surface area (Å²) in [6.45, 7) is 0.466. The molecule has 122 valence electrons. The van der Waals surface area contributed by atoms with Crippen molar-refractivity contribution in [2.75, 3.05) is 16.6 Å². The second kappa shape index (κ2) is 5.67. The van der Waals surface area contributed by atoms with Gasteiger partial charge in [-0.05, 0) is 42.9 Å². The van der Waals surface area contributed by atoms with Crippen molar-refractivity contribution in [1.29, 1.82) is 0 Å². The van der Waals surface area contributed by atoms with Gasteiger partial charge in [0.05, 0.1) is 24.0 Å². The van der Waals surface area contributed by atoms with Crippen LogP contribution in [0.15, 0.2) is 42.7 Å². The Morgan fingerprint density at radius 1 is 1.17 bits per heavy atom. The van der Waals surface area contributed by atoms with E-state index in [1.807, 2.05) is 41.2 Å². The molecule has 0 saturated heterocycles. The SMILES string of the molecule is O=S(=O)(CC1CCC1)N1C[C@@H](n2cccn2)Cc2ccccc21. The molecule has 0 bridgehead atoms. The van der Waals surface area contributed by atoms with Crippen molar-refractivity contribution in [3.63, 3.8) is 0 Å². The molecule has 1 aromatic heterocycles. The van der Waals surface area contributed by atoms with Gasteiger partial charge in [0, 0.05) is 12.4 Å². The Morgan fingerprint density at radius 2 is 2.00 bits per heavy atom. The molecule has 4 rings (SSSR count). The van der Waals surface area contributed by atoms with Gasteiger partial charge in [-0.1, -0.05) is 24.6 Å². The van der Waals surface area contributed by atoms with E-state index in [2.05, 4.69) is 5.10 Å². The highest BCUT2D eigenvalue weighted by atomic mass is 32.2. The Bertz CT molecular complexity index is 782. The minimum absolute atomic E-state index is 0.0519. The maximum atomic E-state index is 13.0. The summed E-state index contributed by atoms with van der Waals surface area (Å²) in [5, 5.41) is 4.31. The van der Waals surface area contributed by atoms with Crippen molar-refractivity contribution in [3.8, 4) is 0 Å². The summed E-state index contributed by atoms with van der Waals surface area (Å²) in [6.07, 6.45) is 7.71. The molecule has 0 radical (unpaired) electrons. The van der Waals surface area contributed by atoms with Gasteiger partial charge in [0.15, 0.2) is 0 Å². The molecule has 1 atom stereocenters. The summed E-state index contributed by atoms with van der Waals surface area (Å²) >= 11 is 0. The number of fused-ring (bicyclic) bond motifs is 1. The molecule has 1 aromatic carbocycles. The molecular formula is C17H21N3O2S. The van der Waals surface area contributed by atoms with E-state index < -0.39 is 10.0 Å². The van der Waals surface area contributed by atoms with E-state index in [4.69, 9.17) is 0 Å². The Kier molecular flexibility index (Phi) is 3.64. The monoisotopic (exact) mass is 331 g/mol. The second-order valence-corrected chi connectivity index (χ2v) is 8.52. The zero-order valence-corrected chi connectivity index (χ0v) is 13.8. The third-order valence-electron chi connectivity index (χ3n) is 5.00. The van der Waals surface area contributed by atoms with E-state index in [9.17, 15) is 8.42 Å². The first-order valence-corrected chi connectivity index (χ1v) is 9.82. The molecule has 6 heteroatoms. The van der Waals surface area contributed by atoms with Gasteiger partial charge in [0.25, 0.3) is 0 Å². The lowest BCUT2D eigenvalue weighted by atomic mass is 9.87. The summed E-state index contributed by atoms with van der Waals surface area (Å²) in [7, 11) is -3.29. The second-order valence-electron chi connectivity index (χ2n) is 6.58. The number of aromatic nitrogens is 2. The summed E-state index contributed by atoms with van der Waals surface area (Å²) in [4.78, 5) is 0. The van der Waals surface area contributed by atoms with Crippen LogP contribution in [0, 0.1) is 5.92 Å². The van der Waals surface area contributed by atoms with Crippen LogP contribution in [0.1, 0.15) is 30.9 Å². The van der Waals surface area contributed by atoms with Crippen LogP contribution in [0.3, 0.4) is 0 Å². The zero-order chi connectivity index (χ0) is 15.9. The van der Waals surface area contributed by atoms with Gasteiger partial charge < -0.3 is 0 Å². The molecular weight excluding hydrogens is 310 g/mol.